The van der Waals surface area contributed by atoms with Crippen molar-refractivity contribution in [2.45, 2.75) is 141 Å². The number of alkyl halides is 1. The number of ketones is 7. The SMILES string of the molecule is CC(C)Oc1ccc(Cl)c2c1SCCC2=O.CC1CC(=O)c2cc(Cl)ccc2S1.CC1CC(=O)c2ccccc2S1.CN(C)c1ccc2c(c1)SCCC2=O.Cc1ccc2c(c1)C(=O)C(Br)CS2.O=C1CCSc2cc(CO)ccc21.O=C1CCSc2cc(CS)ccc21. The van der Waals surface area contributed by atoms with Crippen LogP contribution in [0.3, 0.4) is 0 Å². The first kappa shape index (κ1) is 75.4. The van der Waals surface area contributed by atoms with E-state index >= 15 is 0 Å². The number of benzene rings is 7. The highest BCUT2D eigenvalue weighted by Crippen LogP contribution is 2.43. The van der Waals surface area contributed by atoms with Crippen molar-refractivity contribution in [1.82, 2.24) is 0 Å². The number of hydrogen-bond donors (Lipinski definition) is 2. The number of anilines is 1. The molecule has 7 aliphatic rings. The summed E-state index contributed by atoms with van der Waals surface area (Å²) in [5.41, 5.74) is 10.2. The Labute approximate surface area is 605 Å². The molecule has 94 heavy (non-hydrogen) atoms. The molecule has 0 fully saturated rings. The second-order valence-electron chi connectivity index (χ2n) is 22.9. The maximum absolute atomic E-state index is 11.8. The van der Waals surface area contributed by atoms with Crippen LogP contribution in [0.5, 0.6) is 5.75 Å². The van der Waals surface area contributed by atoms with Crippen LogP contribution in [0.15, 0.2) is 162 Å². The number of ether oxygens (including phenoxy) is 1. The average molecular weight is 1520 g/mol. The monoisotopic (exact) mass is 1510 g/mol. The van der Waals surface area contributed by atoms with Crippen LogP contribution in [0.1, 0.15) is 155 Å². The summed E-state index contributed by atoms with van der Waals surface area (Å²) in [4.78, 5) is 90.5. The highest BCUT2D eigenvalue weighted by Gasteiger charge is 2.28. The van der Waals surface area contributed by atoms with Crippen molar-refractivity contribution in [2.24, 2.45) is 0 Å². The van der Waals surface area contributed by atoms with Crippen LogP contribution in [0.25, 0.3) is 0 Å². The van der Waals surface area contributed by atoms with Crippen LogP contribution in [-0.4, -0.2) is 110 Å². The summed E-state index contributed by atoms with van der Waals surface area (Å²) >= 11 is 31.6. The number of carbonyl (C=O) groups is 7. The number of rotatable bonds is 5. The maximum Gasteiger partial charge on any atom is 0.178 e. The summed E-state index contributed by atoms with van der Waals surface area (Å²) < 4.78 is 5.68. The summed E-state index contributed by atoms with van der Waals surface area (Å²) in [6, 6.07) is 40.5. The molecule has 0 spiro atoms. The van der Waals surface area contributed by atoms with Gasteiger partial charge in [0.05, 0.1) is 33.0 Å². The van der Waals surface area contributed by atoms with Gasteiger partial charge in [0, 0.05) is 171 Å². The van der Waals surface area contributed by atoms with E-state index in [0.29, 0.717) is 64.6 Å². The van der Waals surface area contributed by atoms with Crippen molar-refractivity contribution in [3.63, 3.8) is 0 Å². The molecular weight excluding hydrogens is 1440 g/mol. The largest absolute Gasteiger partial charge is 0.490 e. The smallest absolute Gasteiger partial charge is 0.178 e. The number of hydrogen-bond acceptors (Lipinski definition) is 18. The zero-order chi connectivity index (χ0) is 67.8. The molecule has 14 rings (SSSR count). The minimum atomic E-state index is -0.00759. The number of Topliss-reactive ketones (excluding diaryl/α,β-unsaturated/α-hetero) is 7. The zero-order valence-electron chi connectivity index (χ0n) is 53.2. The number of nitrogens with zero attached hydrogens (tertiary/aromatic N) is 1. The van der Waals surface area contributed by atoms with E-state index in [0.717, 1.165) is 125 Å². The number of carbonyl (C=O) groups excluding carboxylic acids is 7. The molecule has 7 aromatic carbocycles. The lowest BCUT2D eigenvalue weighted by Gasteiger charge is -2.20. The molecule has 7 aromatic rings. The normalized spacial score (nSPS) is 17.9. The molecule has 0 bridgehead atoms. The number of aliphatic hydroxyl groups excluding tert-OH is 1. The van der Waals surface area contributed by atoms with Gasteiger partial charge < -0.3 is 14.7 Å². The molecule has 0 aromatic heterocycles. The second-order valence-corrected chi connectivity index (χ2v) is 33.7. The van der Waals surface area contributed by atoms with Crippen LogP contribution < -0.4 is 9.64 Å². The molecule has 494 valence electrons. The second kappa shape index (κ2) is 36.5. The van der Waals surface area contributed by atoms with Gasteiger partial charge in [-0.05, 0) is 123 Å². The molecule has 7 aliphatic heterocycles. The fourth-order valence-corrected chi connectivity index (χ4v) is 19.1. The van der Waals surface area contributed by atoms with Gasteiger partial charge in [0.15, 0.2) is 40.5 Å². The molecule has 0 saturated carbocycles. The number of thioether (sulfide) groups is 7. The van der Waals surface area contributed by atoms with Crippen LogP contribution in [0.2, 0.25) is 10.0 Å². The number of thiol groups is 1. The Morgan fingerprint density at radius 2 is 1.07 bits per heavy atom. The van der Waals surface area contributed by atoms with Crippen molar-refractivity contribution in [2.75, 3.05) is 47.8 Å². The highest BCUT2D eigenvalue weighted by molar-refractivity contribution is 9.10. The standard InChI is InChI=1S/C12H13ClO2S.C11H13NOS.C10H9BrOS.C10H9ClOS.C10H10O2S.C10H10OS2.C10H10OS/c1-7(2)15-10-4-3-8(13)11-9(14)5-6-16-12(10)11;1-12(2)8-3-4-9-10(13)5-6-14-11(9)7-8;1-6-2-3-9-7(4-6)10(12)8(11)5-13-9;1-6-4-9(12)8-5-7(11)2-3-10(8)13-6;11-6-7-1-2-8-9(12)3-4-13-10(8)5-7;11-9-3-4-13-10-5-7(6-12)1-2-8(9)10;1-7-6-9(11)8-4-2-3-5-10(8)12-7/h3-4,7H,5-6H2,1-2H3;3-4,7H,5-6H2,1-2H3;2-4,8H,5H2,1H3;2-3,5-6H,4H2,1H3;1-2,5,11H,3-4,6H2;1-2,5,12H,3-4,6H2;2-5,7H,6H2,1H3. The van der Waals surface area contributed by atoms with Gasteiger partial charge in [0.1, 0.15) is 5.75 Å². The van der Waals surface area contributed by atoms with E-state index in [9.17, 15) is 33.6 Å². The van der Waals surface area contributed by atoms with Crippen molar-refractivity contribution >= 4 is 180 Å². The summed E-state index contributed by atoms with van der Waals surface area (Å²) in [7, 11) is 4.02. The summed E-state index contributed by atoms with van der Waals surface area (Å²) in [5.74, 6) is 7.48. The Balaban J connectivity index is 0.000000141. The van der Waals surface area contributed by atoms with E-state index in [-0.39, 0.29) is 58.0 Å². The van der Waals surface area contributed by atoms with Gasteiger partial charge in [0.2, 0.25) is 0 Å². The van der Waals surface area contributed by atoms with E-state index in [2.05, 4.69) is 59.4 Å². The molecule has 10 nitrogen and oxygen atoms in total. The molecular formula is C73H74BrCl2NO9S8. The van der Waals surface area contributed by atoms with E-state index in [1.54, 1.807) is 94.5 Å². The number of halogens is 3. The molecule has 1 N–H and O–H groups in total. The van der Waals surface area contributed by atoms with E-state index in [4.69, 9.17) is 33.0 Å². The van der Waals surface area contributed by atoms with E-state index in [1.165, 1.54) is 5.56 Å². The van der Waals surface area contributed by atoms with Crippen molar-refractivity contribution in [3.05, 3.63) is 193 Å². The lowest BCUT2D eigenvalue weighted by molar-refractivity contribution is 0.0970. The first-order valence-corrected chi connectivity index (χ1v) is 39.6. The third-order valence-electron chi connectivity index (χ3n) is 15.0. The first-order valence-electron chi connectivity index (χ1n) is 30.6. The zero-order valence-corrected chi connectivity index (χ0v) is 62.9. The van der Waals surface area contributed by atoms with Crippen molar-refractivity contribution in [3.8, 4) is 5.75 Å². The fraction of sp³-hybridized carbons (Fsp3) is 0.329. The molecule has 3 unspecified atom stereocenters. The van der Waals surface area contributed by atoms with E-state index < -0.39 is 0 Å². The molecule has 0 amide bonds. The lowest BCUT2D eigenvalue weighted by atomic mass is 10.1. The quantitative estimate of drug-likeness (QED) is 0.124. The number of fused-ring (bicyclic) bond motifs is 7. The first-order chi connectivity index (χ1) is 45.0. The molecule has 7 heterocycles. The molecule has 3 atom stereocenters. The topological polar surface area (TPSA) is 152 Å². The van der Waals surface area contributed by atoms with Crippen LogP contribution >= 0.6 is 134 Å². The molecule has 0 saturated heterocycles. The Bertz CT molecular complexity index is 3890. The summed E-state index contributed by atoms with van der Waals surface area (Å²) in [6.07, 6.45) is 3.96. The van der Waals surface area contributed by atoms with Crippen molar-refractivity contribution < 1.29 is 43.4 Å². The third-order valence-corrected chi connectivity index (χ3v) is 24.9. The number of aliphatic hydroxyl groups is 1. The highest BCUT2D eigenvalue weighted by atomic mass is 79.9. The van der Waals surface area contributed by atoms with E-state index in [1.807, 2.05) is 138 Å². The summed E-state index contributed by atoms with van der Waals surface area (Å²) in [5, 5.41) is 10.9. The lowest BCUT2D eigenvalue weighted by Crippen LogP contribution is -2.21. The maximum atomic E-state index is 11.8. The van der Waals surface area contributed by atoms with Gasteiger partial charge >= 0.3 is 0 Å². The van der Waals surface area contributed by atoms with Gasteiger partial charge in [-0.15, -0.1) is 82.3 Å². The molecule has 0 aliphatic carbocycles. The Morgan fingerprint density at radius 1 is 0.553 bits per heavy atom. The predicted molar refractivity (Wildman–Crippen MR) is 404 cm³/mol. The van der Waals surface area contributed by atoms with Gasteiger partial charge in [-0.3, -0.25) is 33.6 Å². The third kappa shape index (κ3) is 20.9. The van der Waals surface area contributed by atoms with Crippen molar-refractivity contribution in [1.29, 1.82) is 0 Å². The fourth-order valence-electron chi connectivity index (χ4n) is 10.2. The van der Waals surface area contributed by atoms with Gasteiger partial charge in [-0.1, -0.05) is 94.9 Å². The number of aryl methyl sites for hydroxylation is 1. The Morgan fingerprint density at radius 3 is 1.67 bits per heavy atom. The average Bonchev–Trinajstić information content (AvgIpc) is 0.832. The summed E-state index contributed by atoms with van der Waals surface area (Å²) in [6.45, 7) is 10.2. The minimum absolute atomic E-state index is 0.00759. The van der Waals surface area contributed by atoms with Gasteiger partial charge in [-0.25, -0.2) is 0 Å². The molecule has 21 heteroatoms. The van der Waals surface area contributed by atoms with Crippen LogP contribution in [0.4, 0.5) is 5.69 Å². The van der Waals surface area contributed by atoms with Crippen LogP contribution in [0, 0.1) is 6.92 Å². The predicted octanol–water partition coefficient (Wildman–Crippen LogP) is 20.1. The van der Waals surface area contributed by atoms with Crippen LogP contribution in [-0.2, 0) is 12.4 Å². The molecule has 0 radical (unpaired) electrons. The van der Waals surface area contributed by atoms with Gasteiger partial charge in [0.25, 0.3) is 0 Å². The Hall–Kier alpha value is -4.35. The Kier molecular flexibility index (Phi) is 29.3. The van der Waals surface area contributed by atoms with Gasteiger partial charge in [-0.2, -0.15) is 12.6 Å². The minimum Gasteiger partial charge on any atom is -0.490 e.